The predicted molar refractivity (Wildman–Crippen MR) is 90.6 cm³/mol. The maximum Gasteiger partial charge on any atom is 0.331 e. The van der Waals surface area contributed by atoms with Crippen LogP contribution in [0.4, 0.5) is 0 Å². The SMILES string of the molecule is COc1cc(C=CC(=O)O[C@@H]2C[C@@](C)(C(=O)O)C[C@H](O)[C@H]2O)ccc1O. The van der Waals surface area contributed by atoms with Crippen molar-refractivity contribution < 1.29 is 39.5 Å². The number of aromatic hydroxyl groups is 1. The van der Waals surface area contributed by atoms with E-state index in [1.54, 1.807) is 6.07 Å². The molecular weight excluding hydrogens is 344 g/mol. The van der Waals surface area contributed by atoms with Gasteiger partial charge in [-0.1, -0.05) is 6.07 Å². The lowest BCUT2D eigenvalue weighted by Gasteiger charge is -2.40. The molecule has 8 nitrogen and oxygen atoms in total. The van der Waals surface area contributed by atoms with Gasteiger partial charge in [0, 0.05) is 12.5 Å². The molecule has 1 saturated carbocycles. The Morgan fingerprint density at radius 2 is 1.96 bits per heavy atom. The number of methoxy groups -OCH3 is 1. The Bertz CT molecular complexity index is 713. The second-order valence-corrected chi connectivity index (χ2v) is 6.57. The van der Waals surface area contributed by atoms with Gasteiger partial charge in [-0.25, -0.2) is 4.79 Å². The van der Waals surface area contributed by atoms with E-state index in [1.807, 2.05) is 0 Å². The molecule has 0 bridgehead atoms. The Morgan fingerprint density at radius 3 is 2.58 bits per heavy atom. The van der Waals surface area contributed by atoms with Gasteiger partial charge in [0.1, 0.15) is 12.2 Å². The zero-order valence-corrected chi connectivity index (χ0v) is 14.5. The Labute approximate surface area is 150 Å². The van der Waals surface area contributed by atoms with E-state index in [4.69, 9.17) is 9.47 Å². The Hall–Kier alpha value is -2.58. The number of aliphatic hydroxyl groups excluding tert-OH is 2. The van der Waals surface area contributed by atoms with E-state index < -0.39 is 35.7 Å². The van der Waals surface area contributed by atoms with Gasteiger partial charge >= 0.3 is 11.9 Å². The molecule has 1 aromatic rings. The van der Waals surface area contributed by atoms with Crippen molar-refractivity contribution in [3.63, 3.8) is 0 Å². The first-order chi connectivity index (χ1) is 12.2. The van der Waals surface area contributed by atoms with E-state index in [1.165, 1.54) is 32.2 Å². The topological polar surface area (TPSA) is 134 Å². The van der Waals surface area contributed by atoms with Crippen molar-refractivity contribution in [3.8, 4) is 11.5 Å². The molecule has 0 amide bonds. The number of hydrogen-bond donors (Lipinski definition) is 4. The van der Waals surface area contributed by atoms with Crippen LogP contribution in [0, 0.1) is 5.41 Å². The smallest absolute Gasteiger partial charge is 0.331 e. The predicted octanol–water partition coefficient (Wildman–Crippen LogP) is 0.932. The largest absolute Gasteiger partial charge is 0.504 e. The molecule has 0 aromatic heterocycles. The summed E-state index contributed by atoms with van der Waals surface area (Å²) in [6, 6.07) is 4.48. The summed E-state index contributed by atoms with van der Waals surface area (Å²) in [5.41, 5.74) is -0.728. The number of carboxylic acids is 1. The van der Waals surface area contributed by atoms with Gasteiger partial charge in [-0.15, -0.1) is 0 Å². The van der Waals surface area contributed by atoms with Gasteiger partial charge in [-0.3, -0.25) is 4.79 Å². The number of carboxylic acid groups (broad SMARTS) is 1. The number of phenols is 1. The van der Waals surface area contributed by atoms with E-state index in [0.717, 1.165) is 6.08 Å². The second kappa shape index (κ2) is 7.76. The van der Waals surface area contributed by atoms with Crippen LogP contribution in [-0.4, -0.2) is 57.8 Å². The van der Waals surface area contributed by atoms with Crippen LogP contribution in [0.1, 0.15) is 25.3 Å². The van der Waals surface area contributed by atoms with Crippen molar-refractivity contribution in [2.75, 3.05) is 7.11 Å². The molecule has 8 heteroatoms. The molecule has 1 aliphatic rings. The number of esters is 1. The molecule has 142 valence electrons. The molecule has 1 aromatic carbocycles. The van der Waals surface area contributed by atoms with E-state index in [2.05, 4.69) is 0 Å². The van der Waals surface area contributed by atoms with Crippen LogP contribution in [0.15, 0.2) is 24.3 Å². The maximum absolute atomic E-state index is 12.0. The van der Waals surface area contributed by atoms with E-state index >= 15 is 0 Å². The minimum atomic E-state index is -1.35. The lowest BCUT2D eigenvalue weighted by molar-refractivity contribution is -0.180. The molecule has 0 unspecified atom stereocenters. The van der Waals surface area contributed by atoms with Gasteiger partial charge < -0.3 is 29.9 Å². The van der Waals surface area contributed by atoms with Crippen molar-refractivity contribution in [1.29, 1.82) is 0 Å². The van der Waals surface area contributed by atoms with Crippen molar-refractivity contribution in [1.82, 2.24) is 0 Å². The van der Waals surface area contributed by atoms with Crippen LogP contribution in [0.2, 0.25) is 0 Å². The highest BCUT2D eigenvalue weighted by Crippen LogP contribution is 2.38. The molecule has 2 rings (SSSR count). The van der Waals surface area contributed by atoms with Crippen molar-refractivity contribution in [3.05, 3.63) is 29.8 Å². The van der Waals surface area contributed by atoms with Gasteiger partial charge in [0.15, 0.2) is 11.5 Å². The third kappa shape index (κ3) is 4.33. The number of rotatable bonds is 5. The van der Waals surface area contributed by atoms with Crippen LogP contribution in [0.3, 0.4) is 0 Å². The summed E-state index contributed by atoms with van der Waals surface area (Å²) in [5, 5.41) is 38.7. The average molecular weight is 366 g/mol. The van der Waals surface area contributed by atoms with Crippen LogP contribution in [0.5, 0.6) is 11.5 Å². The third-order valence-electron chi connectivity index (χ3n) is 4.49. The Kier molecular flexibility index (Phi) is 5.89. The number of benzene rings is 1. The number of aliphatic hydroxyl groups is 2. The molecule has 4 atom stereocenters. The van der Waals surface area contributed by atoms with Gasteiger partial charge in [0.05, 0.1) is 18.6 Å². The summed E-state index contributed by atoms with van der Waals surface area (Å²) in [6.45, 7) is 1.43. The van der Waals surface area contributed by atoms with E-state index in [9.17, 15) is 30.0 Å². The molecule has 0 spiro atoms. The quantitative estimate of drug-likeness (QED) is 0.447. The zero-order chi connectivity index (χ0) is 19.5. The summed E-state index contributed by atoms with van der Waals surface area (Å²) in [6.07, 6.45) is -1.48. The molecule has 0 saturated heterocycles. The molecule has 0 radical (unpaired) electrons. The summed E-state index contributed by atoms with van der Waals surface area (Å²) in [7, 11) is 1.39. The number of aliphatic carboxylic acids is 1. The first kappa shape index (κ1) is 19.7. The molecule has 1 aliphatic carbocycles. The standard InChI is InChI=1S/C18H22O8/c1-18(17(23)24)8-12(20)16(22)14(9-18)26-15(21)6-4-10-3-5-11(19)13(7-10)25-2/h3-7,12,14,16,19-20,22H,8-9H2,1-2H3,(H,23,24)/t12-,14+,16+,18-/m0/s1. The molecular formula is C18H22O8. The summed E-state index contributed by atoms with van der Waals surface area (Å²) >= 11 is 0. The molecule has 0 aliphatic heterocycles. The highest BCUT2D eigenvalue weighted by Gasteiger charge is 2.48. The fourth-order valence-corrected chi connectivity index (χ4v) is 2.91. The van der Waals surface area contributed by atoms with Gasteiger partial charge in [-0.2, -0.15) is 0 Å². The number of phenolic OH excluding ortho intramolecular Hbond substituents is 1. The highest BCUT2D eigenvalue weighted by molar-refractivity contribution is 5.87. The average Bonchev–Trinajstić information content (AvgIpc) is 2.58. The zero-order valence-electron chi connectivity index (χ0n) is 14.5. The lowest BCUT2D eigenvalue weighted by atomic mass is 9.72. The number of ether oxygens (including phenoxy) is 2. The first-order valence-electron chi connectivity index (χ1n) is 8.01. The van der Waals surface area contributed by atoms with Crippen LogP contribution in [0.25, 0.3) is 6.08 Å². The summed E-state index contributed by atoms with van der Waals surface area (Å²) in [4.78, 5) is 23.4. The fraction of sp³-hybridized carbons (Fsp3) is 0.444. The highest BCUT2D eigenvalue weighted by atomic mass is 16.6. The van der Waals surface area contributed by atoms with E-state index in [-0.39, 0.29) is 24.3 Å². The summed E-state index contributed by atoms with van der Waals surface area (Å²) in [5.74, 6) is -1.72. The number of carbonyl (C=O) groups is 2. The molecule has 0 heterocycles. The minimum Gasteiger partial charge on any atom is -0.504 e. The second-order valence-electron chi connectivity index (χ2n) is 6.57. The van der Waals surface area contributed by atoms with Gasteiger partial charge in [-0.05, 0) is 37.1 Å². The number of hydrogen-bond acceptors (Lipinski definition) is 7. The molecule has 26 heavy (non-hydrogen) atoms. The van der Waals surface area contributed by atoms with Crippen LogP contribution < -0.4 is 4.74 Å². The van der Waals surface area contributed by atoms with Gasteiger partial charge in [0.25, 0.3) is 0 Å². The minimum absolute atomic E-state index is 0.0421. The normalized spacial score (nSPS) is 28.7. The monoisotopic (exact) mass is 366 g/mol. The summed E-state index contributed by atoms with van der Waals surface area (Å²) < 4.78 is 10.1. The van der Waals surface area contributed by atoms with Crippen molar-refractivity contribution in [2.45, 2.75) is 38.1 Å². The van der Waals surface area contributed by atoms with Crippen molar-refractivity contribution in [2.24, 2.45) is 5.41 Å². The lowest BCUT2D eigenvalue weighted by Crippen LogP contribution is -2.52. The maximum atomic E-state index is 12.0. The molecule has 4 N–H and O–H groups in total. The van der Waals surface area contributed by atoms with Crippen LogP contribution in [-0.2, 0) is 14.3 Å². The van der Waals surface area contributed by atoms with E-state index in [0.29, 0.717) is 5.56 Å². The number of carbonyl (C=O) groups excluding carboxylic acids is 1. The van der Waals surface area contributed by atoms with Crippen LogP contribution >= 0.6 is 0 Å². The van der Waals surface area contributed by atoms with Gasteiger partial charge in [0.2, 0.25) is 0 Å². The Morgan fingerprint density at radius 1 is 1.27 bits per heavy atom. The fourth-order valence-electron chi connectivity index (χ4n) is 2.91. The molecule has 1 fully saturated rings. The first-order valence-corrected chi connectivity index (χ1v) is 8.01. The third-order valence-corrected chi connectivity index (χ3v) is 4.49. The van der Waals surface area contributed by atoms with Crippen molar-refractivity contribution >= 4 is 18.0 Å². The Balaban J connectivity index is 2.07.